The van der Waals surface area contributed by atoms with Crippen LogP contribution in [0.3, 0.4) is 0 Å². The number of hydrogen-bond donors (Lipinski definition) is 2. The molecule has 0 bridgehead atoms. The lowest BCUT2D eigenvalue weighted by molar-refractivity contribution is -0.131. The SMILES string of the molecule is CC1(C(N)=O)CCCN(CC2(O)CCC(C(C)(C)C)CC2)C1. The summed E-state index contributed by atoms with van der Waals surface area (Å²) in [6.45, 7) is 11.2. The van der Waals surface area contributed by atoms with Gasteiger partial charge >= 0.3 is 0 Å². The Morgan fingerprint density at radius 3 is 2.36 bits per heavy atom. The quantitative estimate of drug-likeness (QED) is 0.842. The molecule has 0 aromatic heterocycles. The molecule has 1 atom stereocenters. The molecule has 2 fully saturated rings. The zero-order valence-electron chi connectivity index (χ0n) is 14.8. The highest BCUT2D eigenvalue weighted by atomic mass is 16.3. The second-order valence-electron chi connectivity index (χ2n) is 9.10. The molecule has 0 aromatic rings. The number of hydrogen-bond acceptors (Lipinski definition) is 3. The summed E-state index contributed by atoms with van der Waals surface area (Å²) in [5, 5.41) is 11.0. The zero-order chi connectivity index (χ0) is 16.6. The highest BCUT2D eigenvalue weighted by Gasteiger charge is 2.41. The third-order valence-corrected chi connectivity index (χ3v) is 6.03. The van der Waals surface area contributed by atoms with Gasteiger partial charge in [0.25, 0.3) is 0 Å². The van der Waals surface area contributed by atoms with Gasteiger partial charge in [-0.1, -0.05) is 20.8 Å². The molecular formula is C18H34N2O2. The number of β-amino-alcohol motifs (C(OH)–C–C–N with tert-alkyl or cyclic N) is 1. The molecule has 1 heterocycles. The fourth-order valence-electron chi connectivity index (χ4n) is 4.28. The maximum absolute atomic E-state index is 11.7. The topological polar surface area (TPSA) is 66.6 Å². The summed E-state index contributed by atoms with van der Waals surface area (Å²) >= 11 is 0. The maximum atomic E-state index is 11.7. The minimum absolute atomic E-state index is 0.208. The van der Waals surface area contributed by atoms with E-state index in [0.717, 1.165) is 45.1 Å². The molecule has 1 saturated heterocycles. The van der Waals surface area contributed by atoms with Gasteiger partial charge in [0.1, 0.15) is 0 Å². The van der Waals surface area contributed by atoms with E-state index in [0.29, 0.717) is 24.4 Å². The first-order valence-electron chi connectivity index (χ1n) is 8.79. The average Bonchev–Trinajstić information content (AvgIpc) is 2.37. The van der Waals surface area contributed by atoms with Gasteiger partial charge in [-0.05, 0) is 63.3 Å². The van der Waals surface area contributed by atoms with Gasteiger partial charge in [-0.2, -0.15) is 0 Å². The van der Waals surface area contributed by atoms with Gasteiger partial charge in [0.15, 0.2) is 0 Å². The normalized spacial score (nSPS) is 38.0. The van der Waals surface area contributed by atoms with E-state index in [2.05, 4.69) is 25.7 Å². The van der Waals surface area contributed by atoms with Crippen LogP contribution in [0.1, 0.15) is 66.2 Å². The van der Waals surface area contributed by atoms with E-state index in [1.54, 1.807) is 0 Å². The first-order valence-corrected chi connectivity index (χ1v) is 8.79. The van der Waals surface area contributed by atoms with Crippen LogP contribution in [0.5, 0.6) is 0 Å². The van der Waals surface area contributed by atoms with Gasteiger partial charge in [-0.15, -0.1) is 0 Å². The molecule has 2 rings (SSSR count). The largest absolute Gasteiger partial charge is 0.389 e. The minimum Gasteiger partial charge on any atom is -0.389 e. The molecule has 1 unspecified atom stereocenters. The van der Waals surface area contributed by atoms with Crippen LogP contribution in [-0.2, 0) is 4.79 Å². The predicted octanol–water partition coefficient (Wildman–Crippen LogP) is 2.54. The third kappa shape index (κ3) is 4.02. The average molecular weight is 310 g/mol. The van der Waals surface area contributed by atoms with Gasteiger partial charge in [0, 0.05) is 13.1 Å². The van der Waals surface area contributed by atoms with Crippen molar-refractivity contribution in [1.82, 2.24) is 4.90 Å². The highest BCUT2D eigenvalue weighted by molar-refractivity contribution is 5.80. The van der Waals surface area contributed by atoms with Crippen LogP contribution in [-0.4, -0.2) is 41.1 Å². The number of aliphatic hydroxyl groups is 1. The number of primary amides is 1. The van der Waals surface area contributed by atoms with Crippen molar-refractivity contribution in [3.05, 3.63) is 0 Å². The minimum atomic E-state index is -0.586. The number of piperidine rings is 1. The summed E-state index contributed by atoms with van der Waals surface area (Å²) in [6.07, 6.45) is 5.79. The lowest BCUT2D eigenvalue weighted by atomic mass is 9.68. The number of likely N-dealkylation sites (tertiary alicyclic amines) is 1. The Morgan fingerprint density at radius 1 is 1.27 bits per heavy atom. The monoisotopic (exact) mass is 310 g/mol. The van der Waals surface area contributed by atoms with E-state index in [1.807, 2.05) is 6.92 Å². The second kappa shape index (κ2) is 6.12. The van der Waals surface area contributed by atoms with Crippen LogP contribution in [0.2, 0.25) is 0 Å². The van der Waals surface area contributed by atoms with E-state index < -0.39 is 11.0 Å². The van der Waals surface area contributed by atoms with Crippen molar-refractivity contribution in [2.45, 2.75) is 71.8 Å². The Labute approximate surface area is 135 Å². The maximum Gasteiger partial charge on any atom is 0.224 e. The summed E-state index contributed by atoms with van der Waals surface area (Å²) in [6, 6.07) is 0. The molecule has 1 amide bonds. The summed E-state index contributed by atoms with van der Waals surface area (Å²) in [4.78, 5) is 13.9. The molecule has 2 aliphatic rings. The van der Waals surface area contributed by atoms with E-state index in [9.17, 15) is 9.90 Å². The Bertz CT molecular complexity index is 408. The van der Waals surface area contributed by atoms with E-state index in [4.69, 9.17) is 5.73 Å². The summed E-state index contributed by atoms with van der Waals surface area (Å²) in [7, 11) is 0. The van der Waals surface area contributed by atoms with Crippen LogP contribution in [0, 0.1) is 16.7 Å². The van der Waals surface area contributed by atoms with Crippen molar-refractivity contribution >= 4 is 5.91 Å². The van der Waals surface area contributed by atoms with Crippen molar-refractivity contribution in [1.29, 1.82) is 0 Å². The van der Waals surface area contributed by atoms with Crippen LogP contribution in [0.25, 0.3) is 0 Å². The standard InChI is InChI=1S/C18H34N2O2/c1-16(2,3)14-6-9-18(22,10-7-14)13-20-11-5-8-17(4,12-20)15(19)21/h14,22H,5-13H2,1-4H3,(H2,19,21). The Hall–Kier alpha value is -0.610. The predicted molar refractivity (Wildman–Crippen MR) is 89.3 cm³/mol. The zero-order valence-corrected chi connectivity index (χ0v) is 14.8. The van der Waals surface area contributed by atoms with Crippen LogP contribution in [0.15, 0.2) is 0 Å². The molecule has 128 valence electrons. The molecular weight excluding hydrogens is 276 g/mol. The van der Waals surface area contributed by atoms with Gasteiger partial charge in [0.05, 0.1) is 11.0 Å². The molecule has 1 saturated carbocycles. The van der Waals surface area contributed by atoms with Crippen molar-refractivity contribution < 1.29 is 9.90 Å². The molecule has 1 aliphatic heterocycles. The number of carbonyl (C=O) groups is 1. The van der Waals surface area contributed by atoms with Crippen molar-refractivity contribution in [3.63, 3.8) is 0 Å². The summed E-state index contributed by atoms with van der Waals surface area (Å²) in [5.74, 6) is 0.491. The number of carbonyl (C=O) groups excluding carboxylic acids is 1. The van der Waals surface area contributed by atoms with Gasteiger partial charge < -0.3 is 10.8 Å². The Morgan fingerprint density at radius 2 is 1.86 bits per heavy atom. The van der Waals surface area contributed by atoms with Crippen LogP contribution < -0.4 is 5.73 Å². The van der Waals surface area contributed by atoms with Crippen molar-refractivity contribution in [2.75, 3.05) is 19.6 Å². The van der Waals surface area contributed by atoms with Crippen LogP contribution >= 0.6 is 0 Å². The molecule has 0 radical (unpaired) electrons. The molecule has 0 spiro atoms. The lowest BCUT2D eigenvalue weighted by Crippen LogP contribution is -2.54. The fraction of sp³-hybridized carbons (Fsp3) is 0.944. The first-order chi connectivity index (χ1) is 10.0. The van der Waals surface area contributed by atoms with Crippen molar-refractivity contribution in [2.24, 2.45) is 22.5 Å². The van der Waals surface area contributed by atoms with Crippen molar-refractivity contribution in [3.8, 4) is 0 Å². The molecule has 3 N–H and O–H groups in total. The molecule has 4 nitrogen and oxygen atoms in total. The third-order valence-electron chi connectivity index (χ3n) is 6.03. The number of rotatable bonds is 3. The molecule has 4 heteroatoms. The summed E-state index contributed by atoms with van der Waals surface area (Å²) in [5.41, 5.74) is 4.88. The molecule has 22 heavy (non-hydrogen) atoms. The lowest BCUT2D eigenvalue weighted by Gasteiger charge is -2.46. The van der Waals surface area contributed by atoms with E-state index >= 15 is 0 Å². The fourth-order valence-corrected chi connectivity index (χ4v) is 4.28. The Kier molecular flexibility index (Phi) is 4.94. The van der Waals surface area contributed by atoms with Crippen LogP contribution in [0.4, 0.5) is 0 Å². The number of nitrogens with zero attached hydrogens (tertiary/aromatic N) is 1. The summed E-state index contributed by atoms with van der Waals surface area (Å²) < 4.78 is 0. The Balaban J connectivity index is 1.92. The molecule has 1 aliphatic carbocycles. The van der Waals surface area contributed by atoms with E-state index in [1.165, 1.54) is 0 Å². The first kappa shape index (κ1) is 17.7. The molecule has 0 aromatic carbocycles. The van der Waals surface area contributed by atoms with Gasteiger partial charge in [-0.25, -0.2) is 0 Å². The van der Waals surface area contributed by atoms with E-state index in [-0.39, 0.29) is 5.91 Å². The smallest absolute Gasteiger partial charge is 0.224 e. The number of nitrogens with two attached hydrogens (primary N) is 1. The highest BCUT2D eigenvalue weighted by Crippen LogP contribution is 2.42. The van der Waals surface area contributed by atoms with Gasteiger partial charge in [0.2, 0.25) is 5.91 Å². The second-order valence-corrected chi connectivity index (χ2v) is 9.10. The number of amides is 1. The van der Waals surface area contributed by atoms with Gasteiger partial charge in [-0.3, -0.25) is 9.69 Å².